The molecule has 0 atom stereocenters. The van der Waals surface area contributed by atoms with E-state index in [1.54, 1.807) is 0 Å². The van der Waals surface area contributed by atoms with E-state index in [2.05, 4.69) is 89.2 Å². The molecule has 4 aromatic rings. The first-order chi connectivity index (χ1) is 22.8. The fourth-order valence-electron chi connectivity index (χ4n) is 7.96. The summed E-state index contributed by atoms with van der Waals surface area (Å²) in [5.41, 5.74) is 8.87. The van der Waals surface area contributed by atoms with Gasteiger partial charge in [0.2, 0.25) is 0 Å². The first-order valence-electron chi connectivity index (χ1n) is 18.6. The number of benzene rings is 3. The van der Waals surface area contributed by atoms with E-state index in [0.717, 1.165) is 16.8 Å². The van der Waals surface area contributed by atoms with E-state index in [1.165, 1.54) is 95.9 Å². The minimum atomic E-state index is -0.417. The third-order valence-electron chi connectivity index (χ3n) is 11.1. The molecule has 3 nitrogen and oxygen atoms in total. The van der Waals surface area contributed by atoms with Gasteiger partial charge in [-0.15, -0.1) is 29.1 Å². The number of ketones is 1. The Kier molecular flexibility index (Phi) is 12.0. The number of aliphatic hydroxyl groups is 1. The number of hydrogen-bond donors (Lipinski definition) is 1. The average molecular weight is 851 g/mol. The van der Waals surface area contributed by atoms with Crippen molar-refractivity contribution in [2.24, 2.45) is 16.2 Å². The monoisotopic (exact) mass is 851 g/mol. The van der Waals surface area contributed by atoms with Gasteiger partial charge in [-0.3, -0.25) is 9.78 Å². The Bertz CT molecular complexity index is 1860. The molecule has 271 valence electrons. The standard InChI is InChI=1S/C35H40N.C11H20O2.Ir/c1-23-18-24(2)33-29(25-12-16-35(17-13-25)14-8-9-15-35)22-31(36-32(33)19-23)27-20-26-10-6-7-11-28(26)30(21-27)34(3,4)5;1-10(2,3)8(12)7-9(13)11(4,5)6;/h6-7,10-11,18-19,21-22,25H,8-9,12-17H2,1-5H3;7,12H,1-6H3;/q-1;;/b;8-7-;. The summed E-state index contributed by atoms with van der Waals surface area (Å²) < 4.78 is 0. The van der Waals surface area contributed by atoms with Crippen molar-refractivity contribution in [3.63, 3.8) is 0 Å². The van der Waals surface area contributed by atoms with Crippen molar-refractivity contribution in [2.75, 3.05) is 0 Å². The van der Waals surface area contributed by atoms with E-state index in [4.69, 9.17) is 4.98 Å². The second-order valence-electron chi connectivity index (χ2n) is 18.3. The van der Waals surface area contributed by atoms with E-state index in [1.807, 2.05) is 41.5 Å². The Hall–Kier alpha value is -2.81. The van der Waals surface area contributed by atoms with Gasteiger partial charge in [0.25, 0.3) is 0 Å². The van der Waals surface area contributed by atoms with Gasteiger partial charge in [-0.25, -0.2) is 0 Å². The second kappa shape index (κ2) is 15.0. The van der Waals surface area contributed by atoms with Crippen LogP contribution in [0, 0.1) is 36.2 Å². The van der Waals surface area contributed by atoms with Crippen molar-refractivity contribution >= 4 is 27.5 Å². The first-order valence-corrected chi connectivity index (χ1v) is 18.6. The molecule has 2 saturated carbocycles. The van der Waals surface area contributed by atoms with Gasteiger partial charge in [-0.05, 0) is 91.9 Å². The van der Waals surface area contributed by atoms with Crippen LogP contribution in [0.25, 0.3) is 32.9 Å². The van der Waals surface area contributed by atoms with Crippen molar-refractivity contribution in [1.29, 1.82) is 0 Å². The van der Waals surface area contributed by atoms with Crippen LogP contribution in [0.3, 0.4) is 0 Å². The first kappa shape index (κ1) is 40.0. The quantitative estimate of drug-likeness (QED) is 0.127. The van der Waals surface area contributed by atoms with Crippen LogP contribution in [-0.4, -0.2) is 15.9 Å². The Morgan fingerprint density at radius 2 is 1.48 bits per heavy atom. The SMILES string of the molecule is CC(C)(C)C(=O)/C=C(\O)C(C)(C)C.Cc1cc(C)c2c(C3CCC4(CCCC4)CC3)cc(-c3[c-]c4ccccc4c(C(C)(C)C)c3)nc2c1.[Ir]. The predicted molar refractivity (Wildman–Crippen MR) is 208 cm³/mol. The van der Waals surface area contributed by atoms with Crippen molar-refractivity contribution in [3.8, 4) is 11.3 Å². The number of pyridine rings is 1. The Morgan fingerprint density at radius 3 is 2.06 bits per heavy atom. The van der Waals surface area contributed by atoms with Crippen LogP contribution in [0.4, 0.5) is 0 Å². The molecule has 6 rings (SSSR count). The third-order valence-corrected chi connectivity index (χ3v) is 11.1. The maximum absolute atomic E-state index is 11.5. The zero-order chi connectivity index (χ0) is 35.9. The Balaban J connectivity index is 0.000000345. The normalized spacial score (nSPS) is 17.1. The number of aromatic nitrogens is 1. The van der Waals surface area contributed by atoms with Crippen LogP contribution in [0.15, 0.2) is 60.4 Å². The topological polar surface area (TPSA) is 50.2 Å². The van der Waals surface area contributed by atoms with E-state index in [-0.39, 0.29) is 42.5 Å². The summed E-state index contributed by atoms with van der Waals surface area (Å²) in [4.78, 5) is 16.8. The van der Waals surface area contributed by atoms with Gasteiger partial charge in [-0.2, -0.15) is 0 Å². The van der Waals surface area contributed by atoms with Gasteiger partial charge >= 0.3 is 0 Å². The molecule has 2 fully saturated rings. The average Bonchev–Trinajstić information content (AvgIpc) is 3.46. The minimum Gasteiger partial charge on any atom is -0.512 e. The zero-order valence-corrected chi connectivity index (χ0v) is 35.0. The van der Waals surface area contributed by atoms with Crippen molar-refractivity contribution in [1.82, 2.24) is 4.98 Å². The fourth-order valence-corrected chi connectivity index (χ4v) is 7.96. The molecule has 1 aromatic heterocycles. The summed E-state index contributed by atoms with van der Waals surface area (Å²) in [5.74, 6) is 0.733. The summed E-state index contributed by atoms with van der Waals surface area (Å²) in [6, 6.07) is 21.9. The molecular weight excluding hydrogens is 791 g/mol. The van der Waals surface area contributed by atoms with Gasteiger partial charge in [0, 0.05) is 48.1 Å². The van der Waals surface area contributed by atoms with E-state index >= 15 is 0 Å². The van der Waals surface area contributed by atoms with E-state index < -0.39 is 5.41 Å². The van der Waals surface area contributed by atoms with E-state index in [0.29, 0.717) is 11.3 Å². The number of nitrogens with zero attached hydrogens (tertiary/aromatic N) is 1. The Morgan fingerprint density at radius 1 is 0.860 bits per heavy atom. The summed E-state index contributed by atoms with van der Waals surface area (Å²) in [6.45, 7) is 22.5. The van der Waals surface area contributed by atoms with Gasteiger partial charge in [0.15, 0.2) is 5.78 Å². The summed E-state index contributed by atoms with van der Waals surface area (Å²) >= 11 is 0. The van der Waals surface area contributed by atoms with Crippen LogP contribution in [-0.2, 0) is 30.3 Å². The molecule has 0 amide bonds. The molecule has 1 radical (unpaired) electrons. The number of fused-ring (bicyclic) bond motifs is 2. The summed E-state index contributed by atoms with van der Waals surface area (Å²) in [6.07, 6.45) is 12.6. The summed E-state index contributed by atoms with van der Waals surface area (Å²) in [5, 5.41) is 13.4. The van der Waals surface area contributed by atoms with Crippen molar-refractivity contribution in [2.45, 2.75) is 139 Å². The summed E-state index contributed by atoms with van der Waals surface area (Å²) in [7, 11) is 0. The van der Waals surface area contributed by atoms with Crippen LogP contribution >= 0.6 is 0 Å². The molecule has 2 aliphatic rings. The molecule has 50 heavy (non-hydrogen) atoms. The molecule has 2 aliphatic carbocycles. The number of rotatable bonds is 3. The van der Waals surface area contributed by atoms with Crippen LogP contribution in [0.2, 0.25) is 0 Å². The molecule has 0 aliphatic heterocycles. The molecule has 3 aromatic carbocycles. The minimum absolute atomic E-state index is 0. The van der Waals surface area contributed by atoms with Crippen molar-refractivity contribution in [3.05, 3.63) is 88.7 Å². The van der Waals surface area contributed by atoms with Gasteiger partial charge in [0.05, 0.1) is 5.52 Å². The Labute approximate surface area is 316 Å². The fraction of sp³-hybridized carbons (Fsp3) is 0.522. The maximum Gasteiger partial charge on any atom is 0.164 e. The van der Waals surface area contributed by atoms with Gasteiger partial charge < -0.3 is 5.11 Å². The number of carbonyl (C=O) groups is 1. The number of allylic oxidation sites excluding steroid dienone is 2. The number of hydrogen-bond acceptors (Lipinski definition) is 3. The third kappa shape index (κ3) is 8.97. The number of aliphatic hydroxyl groups excluding tert-OH is 1. The maximum atomic E-state index is 11.5. The van der Waals surface area contributed by atoms with Crippen molar-refractivity contribution < 1.29 is 30.0 Å². The molecule has 0 bridgehead atoms. The molecular formula is C46H60IrNO2-. The zero-order valence-electron chi connectivity index (χ0n) is 32.6. The molecule has 1 spiro atoms. The van der Waals surface area contributed by atoms with Gasteiger partial charge in [0.1, 0.15) is 5.76 Å². The second-order valence-corrected chi connectivity index (χ2v) is 18.3. The number of carbonyl (C=O) groups excluding carboxylic acids is 1. The largest absolute Gasteiger partial charge is 0.512 e. The molecule has 1 N–H and O–H groups in total. The molecule has 1 heterocycles. The van der Waals surface area contributed by atoms with Crippen LogP contribution in [0.5, 0.6) is 0 Å². The predicted octanol–water partition coefficient (Wildman–Crippen LogP) is 13.1. The van der Waals surface area contributed by atoms with E-state index in [9.17, 15) is 9.90 Å². The van der Waals surface area contributed by atoms with Crippen LogP contribution < -0.4 is 0 Å². The molecule has 0 unspecified atom stereocenters. The van der Waals surface area contributed by atoms with Gasteiger partial charge in [-0.1, -0.05) is 116 Å². The smallest absolute Gasteiger partial charge is 0.164 e. The molecule has 4 heteroatoms. The number of aryl methyl sites for hydroxylation is 2. The van der Waals surface area contributed by atoms with Crippen LogP contribution in [0.1, 0.15) is 142 Å². The molecule has 0 saturated heterocycles.